The summed E-state index contributed by atoms with van der Waals surface area (Å²) in [5.74, 6) is 0.0205. The summed E-state index contributed by atoms with van der Waals surface area (Å²) >= 11 is 7.32. The number of ether oxygens (including phenoxy) is 2. The van der Waals surface area contributed by atoms with Gasteiger partial charge in [0.1, 0.15) is 12.4 Å². The van der Waals surface area contributed by atoms with Gasteiger partial charge in [-0.2, -0.15) is 0 Å². The number of methoxy groups -OCH3 is 1. The molecule has 0 radical (unpaired) electrons. The highest BCUT2D eigenvalue weighted by Crippen LogP contribution is 2.39. The molecule has 3 aromatic carbocycles. The number of halogens is 2. The molecule has 0 unspecified atom stereocenters. The minimum atomic E-state index is -0.359. The van der Waals surface area contributed by atoms with Crippen LogP contribution in [0.1, 0.15) is 22.3 Å². The summed E-state index contributed by atoms with van der Waals surface area (Å²) in [7, 11) is 1.48. The van der Waals surface area contributed by atoms with Crippen molar-refractivity contribution in [3.8, 4) is 11.5 Å². The average molecular weight is 498 g/mol. The summed E-state index contributed by atoms with van der Waals surface area (Å²) in [6.45, 7) is 2.36. The molecular formula is C26H21ClFNO4S. The maximum absolute atomic E-state index is 13.1. The van der Waals surface area contributed by atoms with Crippen molar-refractivity contribution in [1.82, 2.24) is 4.90 Å². The Morgan fingerprint density at radius 3 is 2.38 bits per heavy atom. The van der Waals surface area contributed by atoms with Gasteiger partial charge in [0.2, 0.25) is 0 Å². The smallest absolute Gasteiger partial charge is 0.293 e. The van der Waals surface area contributed by atoms with E-state index in [9.17, 15) is 14.0 Å². The lowest BCUT2D eigenvalue weighted by molar-refractivity contribution is -0.123. The molecule has 4 rings (SSSR count). The van der Waals surface area contributed by atoms with Crippen molar-refractivity contribution >= 4 is 40.6 Å². The van der Waals surface area contributed by atoms with Gasteiger partial charge < -0.3 is 9.47 Å². The molecule has 0 saturated carbocycles. The van der Waals surface area contributed by atoms with E-state index in [0.717, 1.165) is 28.5 Å². The molecule has 174 valence electrons. The van der Waals surface area contributed by atoms with Crippen LogP contribution in [0.4, 0.5) is 9.18 Å². The molecule has 2 amide bonds. The van der Waals surface area contributed by atoms with Crippen LogP contribution in [-0.4, -0.2) is 23.2 Å². The molecule has 0 aromatic heterocycles. The highest BCUT2D eigenvalue weighted by atomic mass is 35.5. The summed E-state index contributed by atoms with van der Waals surface area (Å²) < 4.78 is 24.3. The van der Waals surface area contributed by atoms with Crippen molar-refractivity contribution in [3.63, 3.8) is 0 Å². The van der Waals surface area contributed by atoms with E-state index in [1.54, 1.807) is 30.3 Å². The first-order valence-corrected chi connectivity index (χ1v) is 11.6. The molecule has 1 aliphatic rings. The fourth-order valence-corrected chi connectivity index (χ4v) is 4.48. The van der Waals surface area contributed by atoms with Gasteiger partial charge in [-0.25, -0.2) is 4.39 Å². The first-order valence-electron chi connectivity index (χ1n) is 10.4. The molecule has 34 heavy (non-hydrogen) atoms. The van der Waals surface area contributed by atoms with Crippen LogP contribution >= 0.6 is 23.4 Å². The number of hydrogen-bond donors (Lipinski definition) is 0. The third-order valence-corrected chi connectivity index (χ3v) is 6.37. The van der Waals surface area contributed by atoms with Gasteiger partial charge in [-0.3, -0.25) is 14.5 Å². The van der Waals surface area contributed by atoms with Gasteiger partial charge in [0.05, 0.1) is 23.6 Å². The van der Waals surface area contributed by atoms with Crippen molar-refractivity contribution < 1.29 is 23.5 Å². The normalized spacial score (nSPS) is 14.7. The maximum atomic E-state index is 13.1. The van der Waals surface area contributed by atoms with Gasteiger partial charge in [-0.15, -0.1) is 0 Å². The molecule has 0 aliphatic carbocycles. The number of rotatable bonds is 7. The van der Waals surface area contributed by atoms with Gasteiger partial charge in [0.15, 0.2) is 11.5 Å². The molecule has 8 heteroatoms. The number of imide groups is 1. The van der Waals surface area contributed by atoms with E-state index in [2.05, 4.69) is 0 Å². The SMILES string of the molecule is COc1cc(/C=C2\SC(=O)N(Cc3ccc(C)cc3)C2=O)cc(Cl)c1OCc1ccc(F)cc1. The van der Waals surface area contributed by atoms with E-state index in [1.165, 1.54) is 24.1 Å². The molecule has 0 atom stereocenters. The lowest BCUT2D eigenvalue weighted by Crippen LogP contribution is -2.27. The predicted molar refractivity (Wildman–Crippen MR) is 131 cm³/mol. The first kappa shape index (κ1) is 23.9. The van der Waals surface area contributed by atoms with Crippen molar-refractivity contribution in [2.24, 2.45) is 0 Å². The van der Waals surface area contributed by atoms with Crippen LogP contribution < -0.4 is 9.47 Å². The third-order valence-electron chi connectivity index (χ3n) is 5.18. The zero-order valence-electron chi connectivity index (χ0n) is 18.5. The van der Waals surface area contributed by atoms with E-state index in [4.69, 9.17) is 21.1 Å². The van der Waals surface area contributed by atoms with E-state index >= 15 is 0 Å². The molecule has 3 aromatic rings. The van der Waals surface area contributed by atoms with E-state index < -0.39 is 0 Å². The average Bonchev–Trinajstić information content (AvgIpc) is 3.07. The van der Waals surface area contributed by atoms with Crippen LogP contribution in [0.3, 0.4) is 0 Å². The van der Waals surface area contributed by atoms with Crippen molar-refractivity contribution in [3.05, 3.63) is 98.7 Å². The molecule has 1 aliphatic heterocycles. The second-order valence-corrected chi connectivity index (χ2v) is 9.10. The van der Waals surface area contributed by atoms with Gasteiger partial charge in [0.25, 0.3) is 11.1 Å². The number of benzene rings is 3. The second-order valence-electron chi connectivity index (χ2n) is 7.70. The van der Waals surface area contributed by atoms with Crippen molar-refractivity contribution in [2.45, 2.75) is 20.1 Å². The summed E-state index contributed by atoms with van der Waals surface area (Å²) in [6, 6.07) is 17.0. The highest BCUT2D eigenvalue weighted by molar-refractivity contribution is 8.18. The Morgan fingerprint density at radius 1 is 1.03 bits per heavy atom. The Hall–Kier alpha value is -3.29. The molecule has 1 heterocycles. The second kappa shape index (κ2) is 10.3. The lowest BCUT2D eigenvalue weighted by Gasteiger charge is -2.14. The monoisotopic (exact) mass is 497 g/mol. The minimum absolute atomic E-state index is 0.174. The summed E-state index contributed by atoms with van der Waals surface area (Å²) in [5.41, 5.74) is 3.35. The van der Waals surface area contributed by atoms with E-state index in [0.29, 0.717) is 22.0 Å². The molecule has 0 N–H and O–H groups in total. The van der Waals surface area contributed by atoms with Crippen LogP contribution in [0.5, 0.6) is 11.5 Å². The molecule has 1 fully saturated rings. The molecule has 0 spiro atoms. The zero-order chi connectivity index (χ0) is 24.2. The van der Waals surface area contributed by atoms with Crippen molar-refractivity contribution in [2.75, 3.05) is 7.11 Å². The Bertz CT molecular complexity index is 1260. The molecule has 0 bridgehead atoms. The van der Waals surface area contributed by atoms with Gasteiger partial charge in [0, 0.05) is 0 Å². The summed E-state index contributed by atoms with van der Waals surface area (Å²) in [6.07, 6.45) is 1.61. The van der Waals surface area contributed by atoms with Crippen LogP contribution in [0.2, 0.25) is 5.02 Å². The standard InChI is InChI=1S/C26H21ClFNO4S/c1-16-3-5-17(6-4-16)14-29-25(30)23(34-26(29)31)13-19-11-21(27)24(22(12-19)32-2)33-15-18-7-9-20(28)10-8-18/h3-13H,14-15H2,1-2H3/b23-13-. The molecular weight excluding hydrogens is 477 g/mol. The van der Waals surface area contributed by atoms with E-state index in [1.807, 2.05) is 31.2 Å². The van der Waals surface area contributed by atoms with Crippen LogP contribution in [-0.2, 0) is 17.9 Å². The predicted octanol–water partition coefficient (Wildman–Crippen LogP) is 6.61. The number of hydrogen-bond acceptors (Lipinski definition) is 5. The number of aryl methyl sites for hydroxylation is 1. The largest absolute Gasteiger partial charge is 0.493 e. The lowest BCUT2D eigenvalue weighted by atomic mass is 10.1. The van der Waals surface area contributed by atoms with E-state index in [-0.39, 0.29) is 35.1 Å². The van der Waals surface area contributed by atoms with Crippen LogP contribution in [0.15, 0.2) is 65.6 Å². The third kappa shape index (κ3) is 5.43. The fraction of sp³-hybridized carbons (Fsp3) is 0.154. The maximum Gasteiger partial charge on any atom is 0.293 e. The number of nitrogens with zero attached hydrogens (tertiary/aromatic N) is 1. The molecule has 1 saturated heterocycles. The van der Waals surface area contributed by atoms with Gasteiger partial charge >= 0.3 is 0 Å². The summed E-state index contributed by atoms with van der Waals surface area (Å²) in [5, 5.41) is -0.0410. The Balaban J connectivity index is 1.52. The Labute approximate surface area is 206 Å². The summed E-state index contributed by atoms with van der Waals surface area (Å²) in [4.78, 5) is 26.9. The Kier molecular flexibility index (Phi) is 7.24. The Morgan fingerprint density at radius 2 is 1.71 bits per heavy atom. The quantitative estimate of drug-likeness (QED) is 0.344. The fourth-order valence-electron chi connectivity index (χ4n) is 3.36. The molecule has 5 nitrogen and oxygen atoms in total. The zero-order valence-corrected chi connectivity index (χ0v) is 20.1. The van der Waals surface area contributed by atoms with Gasteiger partial charge in [-0.05, 0) is 65.7 Å². The minimum Gasteiger partial charge on any atom is -0.493 e. The highest BCUT2D eigenvalue weighted by Gasteiger charge is 2.35. The number of amides is 2. The first-order chi connectivity index (χ1) is 16.3. The van der Waals surface area contributed by atoms with Crippen LogP contribution in [0.25, 0.3) is 6.08 Å². The number of carbonyl (C=O) groups is 2. The number of thioether (sulfide) groups is 1. The van der Waals surface area contributed by atoms with Crippen LogP contribution in [0, 0.1) is 12.7 Å². The topological polar surface area (TPSA) is 55.8 Å². The van der Waals surface area contributed by atoms with Gasteiger partial charge in [-0.1, -0.05) is 53.6 Å². The number of carbonyl (C=O) groups excluding carboxylic acids is 2. The van der Waals surface area contributed by atoms with Crippen molar-refractivity contribution in [1.29, 1.82) is 0 Å².